The van der Waals surface area contributed by atoms with Crippen LogP contribution < -0.4 is 0 Å². The molecule has 3 nitrogen and oxygen atoms in total. The molecule has 0 unspecified atom stereocenters. The van der Waals surface area contributed by atoms with Crippen LogP contribution in [0.4, 0.5) is 0 Å². The second kappa shape index (κ2) is 6.41. The Bertz CT molecular complexity index is 1620. The molecule has 0 aliphatic heterocycles. The lowest BCUT2D eigenvalue weighted by molar-refractivity contribution is 0.478. The first-order chi connectivity index (χ1) is 14.7. The topological polar surface area (TPSA) is 46.0 Å². The first-order valence-electron chi connectivity index (χ1n) is 9.69. The molecule has 1 heterocycles. The maximum atomic E-state index is 10.8. The van der Waals surface area contributed by atoms with E-state index in [1.165, 1.54) is 0 Å². The zero-order valence-electron chi connectivity index (χ0n) is 15.8. The summed E-state index contributed by atoms with van der Waals surface area (Å²) in [5, 5.41) is 15.6. The molecule has 0 bridgehead atoms. The number of fused-ring (bicyclic) bond motifs is 5. The number of aromatic nitrogens is 2. The van der Waals surface area contributed by atoms with Crippen LogP contribution in [0.15, 0.2) is 84.9 Å². The van der Waals surface area contributed by atoms with Gasteiger partial charge >= 0.3 is 0 Å². The number of phenolic OH excluding ortho intramolecular Hbond substituents is 1. The SMILES string of the molecule is Oc1ccc2ccccc2c1-c1cc2nc3cc(Cl)ccc3nc2c2ccccc12. The molecule has 0 saturated heterocycles. The quantitative estimate of drug-likeness (QED) is 0.233. The maximum absolute atomic E-state index is 10.8. The Morgan fingerprint density at radius 2 is 1.40 bits per heavy atom. The van der Waals surface area contributed by atoms with Crippen LogP contribution >= 0.6 is 11.6 Å². The summed E-state index contributed by atoms with van der Waals surface area (Å²) in [7, 11) is 0. The molecule has 0 fully saturated rings. The first kappa shape index (κ1) is 17.2. The van der Waals surface area contributed by atoms with Crippen molar-refractivity contribution in [3.05, 3.63) is 90.0 Å². The van der Waals surface area contributed by atoms with Gasteiger partial charge in [-0.25, -0.2) is 9.97 Å². The molecule has 4 heteroatoms. The number of halogens is 1. The third-order valence-corrected chi connectivity index (χ3v) is 5.82. The molecule has 0 saturated carbocycles. The van der Waals surface area contributed by atoms with Crippen LogP contribution in [0.2, 0.25) is 5.02 Å². The molecular formula is C26H15ClN2O. The number of rotatable bonds is 1. The Labute approximate surface area is 177 Å². The van der Waals surface area contributed by atoms with Crippen LogP contribution in [0.25, 0.3) is 54.7 Å². The van der Waals surface area contributed by atoms with Gasteiger partial charge in [0.15, 0.2) is 0 Å². The van der Waals surface area contributed by atoms with E-state index in [0.29, 0.717) is 5.02 Å². The summed E-state index contributed by atoms with van der Waals surface area (Å²) in [5.41, 5.74) is 4.90. The summed E-state index contributed by atoms with van der Waals surface area (Å²) in [6.45, 7) is 0. The Balaban J connectivity index is 1.81. The molecule has 0 radical (unpaired) electrons. The van der Waals surface area contributed by atoms with Crippen molar-refractivity contribution in [1.29, 1.82) is 0 Å². The Morgan fingerprint density at radius 1 is 0.633 bits per heavy atom. The van der Waals surface area contributed by atoms with Crippen molar-refractivity contribution in [2.45, 2.75) is 0 Å². The minimum absolute atomic E-state index is 0.245. The van der Waals surface area contributed by atoms with E-state index < -0.39 is 0 Å². The molecule has 1 N–H and O–H groups in total. The number of aromatic hydroxyl groups is 1. The van der Waals surface area contributed by atoms with E-state index in [4.69, 9.17) is 21.6 Å². The number of benzene rings is 5. The molecule has 6 rings (SSSR count). The fourth-order valence-electron chi connectivity index (χ4n) is 4.23. The highest BCUT2D eigenvalue weighted by atomic mass is 35.5. The number of nitrogens with zero attached hydrogens (tertiary/aromatic N) is 2. The van der Waals surface area contributed by atoms with Gasteiger partial charge in [0.05, 0.1) is 22.1 Å². The van der Waals surface area contributed by atoms with E-state index in [1.807, 2.05) is 60.7 Å². The maximum Gasteiger partial charge on any atom is 0.124 e. The van der Waals surface area contributed by atoms with Crippen LogP contribution in [0.5, 0.6) is 5.75 Å². The van der Waals surface area contributed by atoms with Crippen molar-refractivity contribution in [2.24, 2.45) is 0 Å². The van der Waals surface area contributed by atoms with Gasteiger partial charge in [-0.1, -0.05) is 66.2 Å². The summed E-state index contributed by atoms with van der Waals surface area (Å²) in [4.78, 5) is 9.74. The fourth-order valence-corrected chi connectivity index (χ4v) is 4.40. The van der Waals surface area contributed by atoms with Gasteiger partial charge in [0, 0.05) is 16.0 Å². The smallest absolute Gasteiger partial charge is 0.124 e. The lowest BCUT2D eigenvalue weighted by Crippen LogP contribution is -1.92. The summed E-state index contributed by atoms with van der Waals surface area (Å²) < 4.78 is 0. The number of hydrogen-bond donors (Lipinski definition) is 1. The molecular weight excluding hydrogens is 392 g/mol. The number of phenols is 1. The highest BCUT2D eigenvalue weighted by Gasteiger charge is 2.16. The second-order valence-electron chi connectivity index (χ2n) is 7.37. The van der Waals surface area contributed by atoms with Gasteiger partial charge in [0.25, 0.3) is 0 Å². The number of hydrogen-bond acceptors (Lipinski definition) is 3. The molecule has 0 spiro atoms. The highest BCUT2D eigenvalue weighted by molar-refractivity contribution is 6.31. The largest absolute Gasteiger partial charge is 0.507 e. The Morgan fingerprint density at radius 3 is 2.27 bits per heavy atom. The minimum Gasteiger partial charge on any atom is -0.507 e. The average molecular weight is 407 g/mol. The molecule has 142 valence electrons. The third kappa shape index (κ3) is 2.53. The van der Waals surface area contributed by atoms with Gasteiger partial charge in [-0.05, 0) is 52.1 Å². The third-order valence-electron chi connectivity index (χ3n) is 5.58. The van der Waals surface area contributed by atoms with Gasteiger partial charge < -0.3 is 5.11 Å². The molecule has 0 amide bonds. The molecule has 0 aliphatic carbocycles. The van der Waals surface area contributed by atoms with E-state index in [1.54, 1.807) is 6.07 Å². The molecule has 5 aromatic carbocycles. The van der Waals surface area contributed by atoms with Crippen molar-refractivity contribution in [3.63, 3.8) is 0 Å². The van der Waals surface area contributed by atoms with Crippen molar-refractivity contribution in [1.82, 2.24) is 9.97 Å². The Hall–Kier alpha value is -3.69. The van der Waals surface area contributed by atoms with E-state index in [-0.39, 0.29) is 5.75 Å². The van der Waals surface area contributed by atoms with Crippen LogP contribution in [-0.4, -0.2) is 15.1 Å². The molecule has 1 aromatic heterocycles. The van der Waals surface area contributed by atoms with Crippen molar-refractivity contribution >= 4 is 55.2 Å². The lowest BCUT2D eigenvalue weighted by Gasteiger charge is -2.14. The summed E-state index contributed by atoms with van der Waals surface area (Å²) in [5.74, 6) is 0.245. The monoisotopic (exact) mass is 406 g/mol. The van der Waals surface area contributed by atoms with Crippen molar-refractivity contribution < 1.29 is 5.11 Å². The van der Waals surface area contributed by atoms with Crippen molar-refractivity contribution in [3.8, 4) is 16.9 Å². The zero-order valence-corrected chi connectivity index (χ0v) is 16.6. The highest BCUT2D eigenvalue weighted by Crippen LogP contribution is 2.42. The van der Waals surface area contributed by atoms with Gasteiger partial charge in [0.1, 0.15) is 5.75 Å². The normalized spacial score (nSPS) is 11.6. The zero-order chi connectivity index (χ0) is 20.2. The molecule has 0 aliphatic rings. The van der Waals surface area contributed by atoms with Crippen LogP contribution in [0, 0.1) is 0 Å². The second-order valence-corrected chi connectivity index (χ2v) is 7.81. The predicted molar refractivity (Wildman–Crippen MR) is 124 cm³/mol. The summed E-state index contributed by atoms with van der Waals surface area (Å²) >= 11 is 6.18. The molecule has 30 heavy (non-hydrogen) atoms. The Kier molecular flexibility index (Phi) is 3.67. The van der Waals surface area contributed by atoms with E-state index >= 15 is 0 Å². The van der Waals surface area contributed by atoms with Crippen molar-refractivity contribution in [2.75, 3.05) is 0 Å². The lowest BCUT2D eigenvalue weighted by atomic mass is 9.92. The minimum atomic E-state index is 0.245. The first-order valence-corrected chi connectivity index (χ1v) is 10.1. The average Bonchev–Trinajstić information content (AvgIpc) is 2.77. The van der Waals surface area contributed by atoms with Gasteiger partial charge in [-0.2, -0.15) is 0 Å². The standard InChI is InChI=1S/C26H15ClN2O/c27-16-10-11-21-22(13-16)28-23-14-20(18-7-3-4-8-19(18)26(23)29-21)25-17-6-2-1-5-15(17)9-12-24(25)30/h1-14,30H. The van der Waals surface area contributed by atoms with Gasteiger partial charge in [0.2, 0.25) is 0 Å². The van der Waals surface area contributed by atoms with Crippen LogP contribution in [0.1, 0.15) is 0 Å². The van der Waals surface area contributed by atoms with E-state index in [9.17, 15) is 5.11 Å². The van der Waals surface area contributed by atoms with E-state index in [2.05, 4.69) is 18.2 Å². The van der Waals surface area contributed by atoms with E-state index in [0.717, 1.165) is 54.7 Å². The predicted octanol–water partition coefficient (Wildman–Crippen LogP) is 7.12. The van der Waals surface area contributed by atoms with Gasteiger partial charge in [-0.3, -0.25) is 0 Å². The van der Waals surface area contributed by atoms with Gasteiger partial charge in [-0.15, -0.1) is 0 Å². The molecule has 0 atom stereocenters. The summed E-state index contributed by atoms with van der Waals surface area (Å²) in [6.07, 6.45) is 0. The fraction of sp³-hybridized carbons (Fsp3) is 0. The summed E-state index contributed by atoms with van der Waals surface area (Å²) in [6, 6.07) is 27.5. The van der Waals surface area contributed by atoms with Crippen LogP contribution in [-0.2, 0) is 0 Å². The van der Waals surface area contributed by atoms with Crippen LogP contribution in [0.3, 0.4) is 0 Å². The molecule has 6 aromatic rings.